The van der Waals surface area contributed by atoms with Crippen molar-refractivity contribution in [3.63, 3.8) is 0 Å². The van der Waals surface area contributed by atoms with Crippen LogP contribution in [0.25, 0.3) is 0 Å². The van der Waals surface area contributed by atoms with E-state index in [9.17, 15) is 19.7 Å². The van der Waals surface area contributed by atoms with Crippen LogP contribution in [-0.4, -0.2) is 22.5 Å². The Morgan fingerprint density at radius 3 is 2.30 bits per heavy atom. The molecule has 0 heterocycles. The van der Waals surface area contributed by atoms with Gasteiger partial charge in [-0.15, -0.1) is 0 Å². The van der Waals surface area contributed by atoms with E-state index in [1.165, 1.54) is 24.3 Å². The largest absolute Gasteiger partial charge is 0.365 e. The summed E-state index contributed by atoms with van der Waals surface area (Å²) in [6.45, 7) is 6.16. The van der Waals surface area contributed by atoms with Crippen LogP contribution in [0.2, 0.25) is 0 Å². The molecule has 2 saturated carbocycles. The highest BCUT2D eigenvalue weighted by atomic mass is 79.9. The Hall–Kier alpha value is -3.07. The number of non-ortho nitro benzene ring substituents is 1. The lowest BCUT2D eigenvalue weighted by molar-refractivity contribution is -0.384. The fourth-order valence-corrected chi connectivity index (χ4v) is 5.44. The van der Waals surface area contributed by atoms with Crippen LogP contribution < -0.4 is 5.32 Å². The van der Waals surface area contributed by atoms with Crippen molar-refractivity contribution in [2.75, 3.05) is 5.32 Å². The van der Waals surface area contributed by atoms with E-state index in [0.717, 1.165) is 10.9 Å². The van der Waals surface area contributed by atoms with E-state index in [-0.39, 0.29) is 11.6 Å². The fraction of sp³-hybridized carbons (Fsp3) is 0.375. The van der Waals surface area contributed by atoms with Crippen molar-refractivity contribution in [3.05, 3.63) is 68.7 Å². The van der Waals surface area contributed by atoms with Crippen LogP contribution in [0.5, 0.6) is 0 Å². The lowest BCUT2D eigenvalue weighted by atomic mass is 9.64. The molecule has 0 radical (unpaired) electrons. The average Bonchev–Trinajstić information content (AvgIpc) is 3.09. The van der Waals surface area contributed by atoms with Gasteiger partial charge in [-0.25, -0.2) is 4.79 Å². The minimum atomic E-state index is -0.730. The van der Waals surface area contributed by atoms with Crippen LogP contribution in [0.4, 0.5) is 11.4 Å². The van der Waals surface area contributed by atoms with Crippen molar-refractivity contribution >= 4 is 44.9 Å². The molecule has 2 atom stereocenters. The number of fused-ring (bicyclic) bond motifs is 2. The molecule has 0 aliphatic heterocycles. The molecular formula is C24H24BrN3O5. The summed E-state index contributed by atoms with van der Waals surface area (Å²) >= 11 is 3.33. The maximum atomic E-state index is 13.5. The fourth-order valence-electron chi connectivity index (χ4n) is 5.17. The number of hydrogen-bond donors (Lipinski definition) is 1. The summed E-state index contributed by atoms with van der Waals surface area (Å²) in [4.78, 5) is 41.6. The predicted molar refractivity (Wildman–Crippen MR) is 127 cm³/mol. The van der Waals surface area contributed by atoms with E-state index >= 15 is 0 Å². The van der Waals surface area contributed by atoms with E-state index in [4.69, 9.17) is 4.84 Å². The van der Waals surface area contributed by atoms with E-state index < -0.39 is 27.1 Å². The minimum Gasteiger partial charge on any atom is -0.326 e. The molecule has 9 heteroatoms. The first-order valence-electron chi connectivity index (χ1n) is 10.6. The van der Waals surface area contributed by atoms with Crippen LogP contribution in [0, 0.1) is 26.4 Å². The van der Waals surface area contributed by atoms with Gasteiger partial charge in [-0.2, -0.15) is 0 Å². The van der Waals surface area contributed by atoms with E-state index in [1.807, 2.05) is 0 Å². The van der Waals surface area contributed by atoms with E-state index in [2.05, 4.69) is 47.2 Å². The molecule has 2 unspecified atom stereocenters. The first-order valence-corrected chi connectivity index (χ1v) is 11.4. The number of anilines is 1. The second-order valence-electron chi connectivity index (χ2n) is 9.40. The molecule has 1 amide bonds. The van der Waals surface area contributed by atoms with Gasteiger partial charge in [0.25, 0.3) is 5.69 Å². The smallest absolute Gasteiger partial charge is 0.326 e. The first-order chi connectivity index (χ1) is 15.5. The van der Waals surface area contributed by atoms with Crippen LogP contribution in [0.3, 0.4) is 0 Å². The molecule has 0 saturated heterocycles. The van der Waals surface area contributed by atoms with Gasteiger partial charge < -0.3 is 10.2 Å². The standard InChI is InChI=1S/C24H24BrN3O5/c1-22(2)23(3)12-13-24(22,21(30)26-17-8-10-18(11-9-17)28(31)32)14-19(23)27-33-20(29)15-4-6-16(25)7-5-15/h4-11H,12-14H2,1-3H3,(H,26,30)/b27-19+. The Kier molecular flexibility index (Phi) is 5.64. The molecule has 8 nitrogen and oxygen atoms in total. The van der Waals surface area contributed by atoms with Crippen molar-refractivity contribution in [3.8, 4) is 0 Å². The van der Waals surface area contributed by atoms with Gasteiger partial charge in [0.05, 0.1) is 21.6 Å². The maximum absolute atomic E-state index is 13.5. The Morgan fingerprint density at radius 2 is 1.70 bits per heavy atom. The third-order valence-corrected chi connectivity index (χ3v) is 8.35. The van der Waals surface area contributed by atoms with Gasteiger partial charge in [0.15, 0.2) is 0 Å². The quantitative estimate of drug-likeness (QED) is 0.312. The monoisotopic (exact) mass is 513 g/mol. The molecule has 2 fully saturated rings. The van der Waals surface area contributed by atoms with Crippen LogP contribution in [0.15, 0.2) is 58.2 Å². The van der Waals surface area contributed by atoms with E-state index in [1.54, 1.807) is 24.3 Å². The van der Waals surface area contributed by atoms with Crippen LogP contribution in [0.1, 0.15) is 50.4 Å². The molecule has 0 spiro atoms. The van der Waals surface area contributed by atoms with Crippen LogP contribution >= 0.6 is 15.9 Å². The van der Waals surface area contributed by atoms with Crippen molar-refractivity contribution in [2.45, 2.75) is 40.0 Å². The summed E-state index contributed by atoms with van der Waals surface area (Å²) in [6.07, 6.45) is 1.79. The summed E-state index contributed by atoms with van der Waals surface area (Å²) in [5.41, 5.74) is -0.0251. The third-order valence-electron chi connectivity index (χ3n) is 7.82. The molecular weight excluding hydrogens is 490 g/mol. The summed E-state index contributed by atoms with van der Waals surface area (Å²) in [6, 6.07) is 12.6. The maximum Gasteiger partial charge on any atom is 0.365 e. The van der Waals surface area contributed by atoms with Crippen molar-refractivity contribution in [1.29, 1.82) is 0 Å². The number of hydrogen-bond acceptors (Lipinski definition) is 6. The summed E-state index contributed by atoms with van der Waals surface area (Å²) < 4.78 is 0.855. The zero-order valence-electron chi connectivity index (χ0n) is 18.6. The topological polar surface area (TPSA) is 111 Å². The number of benzene rings is 2. The summed E-state index contributed by atoms with van der Waals surface area (Å²) in [5.74, 6) is -0.710. The molecule has 0 aromatic heterocycles. The number of nitro benzene ring substituents is 1. The lowest BCUT2D eigenvalue weighted by Crippen LogP contribution is -2.43. The van der Waals surface area contributed by atoms with E-state index in [0.29, 0.717) is 29.8 Å². The highest BCUT2D eigenvalue weighted by Crippen LogP contribution is 2.71. The average molecular weight is 514 g/mol. The number of halogens is 1. The molecule has 2 aliphatic rings. The van der Waals surface area contributed by atoms with Gasteiger partial charge in [-0.05, 0) is 54.7 Å². The number of rotatable bonds is 5. The zero-order chi connectivity index (χ0) is 24.0. The lowest BCUT2D eigenvalue weighted by Gasteiger charge is -2.39. The predicted octanol–water partition coefficient (Wildman–Crippen LogP) is 5.73. The van der Waals surface area contributed by atoms with Crippen molar-refractivity contribution in [1.82, 2.24) is 0 Å². The van der Waals surface area contributed by atoms with Crippen molar-refractivity contribution < 1.29 is 19.3 Å². The number of amides is 1. The Balaban J connectivity index is 1.56. The molecule has 1 N–H and O–H groups in total. The molecule has 172 valence electrons. The van der Waals surface area contributed by atoms with Gasteiger partial charge >= 0.3 is 5.97 Å². The second-order valence-corrected chi connectivity index (χ2v) is 10.3. The number of carbonyl (C=O) groups is 2. The number of nitro groups is 1. The molecule has 2 bridgehead atoms. The summed E-state index contributed by atoms with van der Waals surface area (Å²) in [5, 5.41) is 18.1. The first kappa shape index (κ1) is 23.1. The number of oxime groups is 1. The van der Waals surface area contributed by atoms with Gasteiger partial charge in [0, 0.05) is 34.1 Å². The highest BCUT2D eigenvalue weighted by Gasteiger charge is 2.71. The molecule has 33 heavy (non-hydrogen) atoms. The molecule has 4 rings (SSSR count). The van der Waals surface area contributed by atoms with Crippen LogP contribution in [-0.2, 0) is 9.63 Å². The summed E-state index contributed by atoms with van der Waals surface area (Å²) in [7, 11) is 0. The number of nitrogens with zero attached hydrogens (tertiary/aromatic N) is 2. The SMILES string of the molecule is CC12CCC(C(=O)Nc3ccc([N+](=O)[O-])cc3)(C/C1=N\OC(=O)c1ccc(Br)cc1)C2(C)C. The Labute approximate surface area is 199 Å². The molecule has 2 aliphatic carbocycles. The zero-order valence-corrected chi connectivity index (χ0v) is 20.1. The normalized spacial score (nSPS) is 26.2. The second kappa shape index (κ2) is 8.06. The van der Waals surface area contributed by atoms with Gasteiger partial charge in [0.2, 0.25) is 5.91 Å². The Bertz CT molecular complexity index is 1160. The van der Waals surface area contributed by atoms with Gasteiger partial charge in [0.1, 0.15) is 0 Å². The van der Waals surface area contributed by atoms with Gasteiger partial charge in [-0.1, -0.05) is 41.9 Å². The van der Waals surface area contributed by atoms with Gasteiger partial charge in [-0.3, -0.25) is 14.9 Å². The third kappa shape index (κ3) is 3.64. The minimum absolute atomic E-state index is 0.0391. The number of carbonyl (C=O) groups excluding carboxylic acids is 2. The van der Waals surface area contributed by atoms with Crippen molar-refractivity contribution in [2.24, 2.45) is 21.4 Å². The number of nitrogens with one attached hydrogen (secondary N) is 1. The molecule has 2 aromatic carbocycles. The highest BCUT2D eigenvalue weighted by molar-refractivity contribution is 9.10. The Morgan fingerprint density at radius 1 is 1.06 bits per heavy atom. The molecule has 2 aromatic rings.